The van der Waals surface area contributed by atoms with E-state index in [2.05, 4.69) is 15.4 Å². The number of carbonyl (C=O) groups excluding carboxylic acids is 3. The van der Waals surface area contributed by atoms with Crippen LogP contribution in [0.2, 0.25) is 0 Å². The van der Waals surface area contributed by atoms with E-state index in [-0.39, 0.29) is 18.4 Å². The molecule has 0 saturated carbocycles. The van der Waals surface area contributed by atoms with Gasteiger partial charge in [0.25, 0.3) is 5.91 Å². The van der Waals surface area contributed by atoms with E-state index in [1.807, 2.05) is 5.32 Å². The maximum Gasteiger partial charge on any atom is 0.471 e. The Kier molecular flexibility index (Phi) is 7.22. The van der Waals surface area contributed by atoms with Crippen LogP contribution >= 0.6 is 0 Å². The van der Waals surface area contributed by atoms with Crippen LogP contribution in [0.1, 0.15) is 49.2 Å². The van der Waals surface area contributed by atoms with E-state index in [1.54, 1.807) is 84.9 Å². The van der Waals surface area contributed by atoms with Crippen molar-refractivity contribution in [1.29, 1.82) is 0 Å². The number of aryl methyl sites for hydroxylation is 1. The van der Waals surface area contributed by atoms with Gasteiger partial charge in [-0.1, -0.05) is 20.8 Å². The first kappa shape index (κ1) is 27.1. The minimum absolute atomic E-state index is 0.102. The van der Waals surface area contributed by atoms with Crippen LogP contribution in [-0.4, -0.2) is 73.1 Å². The van der Waals surface area contributed by atoms with Gasteiger partial charge in [0.1, 0.15) is 6.04 Å². The van der Waals surface area contributed by atoms with E-state index in [0.29, 0.717) is 29.7 Å². The summed E-state index contributed by atoms with van der Waals surface area (Å²) < 4.78 is 42.3. The average molecular weight is 534 g/mol. The van der Waals surface area contributed by atoms with Crippen LogP contribution in [-0.2, 0) is 16.6 Å². The number of piperidine rings is 1. The summed E-state index contributed by atoms with van der Waals surface area (Å²) in [5, 5.41) is 9.12. The molecule has 204 valence electrons. The molecule has 38 heavy (non-hydrogen) atoms. The third-order valence-electron chi connectivity index (χ3n) is 6.68. The van der Waals surface area contributed by atoms with Gasteiger partial charge in [0, 0.05) is 38.4 Å². The molecule has 4 rings (SSSR count). The molecule has 1 fully saturated rings. The topological polar surface area (TPSA) is 114 Å². The van der Waals surface area contributed by atoms with Crippen molar-refractivity contribution in [2.24, 2.45) is 12.5 Å². The first-order valence-corrected chi connectivity index (χ1v) is 12.1. The van der Waals surface area contributed by atoms with Gasteiger partial charge in [-0.05, 0) is 30.0 Å². The molecule has 13 heteroatoms. The second-order valence-corrected chi connectivity index (χ2v) is 10.6. The lowest BCUT2D eigenvalue weighted by atomic mass is 9.84. The third kappa shape index (κ3) is 5.65. The summed E-state index contributed by atoms with van der Waals surface area (Å²) in [6, 6.07) is 3.11. The van der Waals surface area contributed by atoms with Crippen molar-refractivity contribution in [2.45, 2.75) is 51.4 Å². The lowest BCUT2D eigenvalue weighted by molar-refractivity contribution is -0.175. The average Bonchev–Trinajstić information content (AvgIpc) is 3.49. The number of fused-ring (bicyclic) bond motifs is 1. The Labute approximate surface area is 217 Å². The SMILES string of the molecule is Cn1ccc([C@@H]2CCN(C(=O)c3cccn4cncc34)C[C@H]2NC(=O)[C@@H](NC(=O)C(F)(F)F)C(C)(C)C)n1. The normalized spacial score (nSPS) is 19.3. The van der Waals surface area contributed by atoms with Crippen LogP contribution in [0.25, 0.3) is 5.52 Å². The van der Waals surface area contributed by atoms with E-state index in [0.717, 1.165) is 0 Å². The van der Waals surface area contributed by atoms with Crippen molar-refractivity contribution < 1.29 is 27.6 Å². The molecule has 3 aromatic rings. The van der Waals surface area contributed by atoms with Gasteiger partial charge in [0.05, 0.1) is 35.3 Å². The summed E-state index contributed by atoms with van der Waals surface area (Å²) >= 11 is 0. The molecule has 1 saturated heterocycles. The van der Waals surface area contributed by atoms with Crippen molar-refractivity contribution in [3.05, 3.63) is 54.4 Å². The molecular weight excluding hydrogens is 503 g/mol. The first-order chi connectivity index (χ1) is 17.8. The van der Waals surface area contributed by atoms with E-state index < -0.39 is 35.5 Å². The number of nitrogens with one attached hydrogen (secondary N) is 2. The zero-order valence-corrected chi connectivity index (χ0v) is 21.5. The number of aromatic nitrogens is 4. The maximum absolute atomic E-state index is 13.5. The second-order valence-electron chi connectivity index (χ2n) is 10.6. The van der Waals surface area contributed by atoms with Gasteiger partial charge in [0.2, 0.25) is 5.91 Å². The number of rotatable bonds is 5. The Balaban J connectivity index is 1.60. The van der Waals surface area contributed by atoms with Crippen LogP contribution in [0.5, 0.6) is 0 Å². The Morgan fingerprint density at radius 2 is 1.87 bits per heavy atom. The minimum atomic E-state index is -5.14. The monoisotopic (exact) mass is 533 g/mol. The number of amides is 3. The van der Waals surface area contributed by atoms with Gasteiger partial charge in [-0.2, -0.15) is 18.3 Å². The fourth-order valence-corrected chi connectivity index (χ4v) is 4.72. The highest BCUT2D eigenvalue weighted by Crippen LogP contribution is 2.30. The Morgan fingerprint density at radius 1 is 1.13 bits per heavy atom. The molecule has 1 aliphatic rings. The largest absolute Gasteiger partial charge is 0.471 e. The van der Waals surface area contributed by atoms with Crippen molar-refractivity contribution in [3.63, 3.8) is 0 Å². The number of halogens is 3. The molecule has 4 heterocycles. The summed E-state index contributed by atoms with van der Waals surface area (Å²) in [6.45, 7) is 5.17. The summed E-state index contributed by atoms with van der Waals surface area (Å²) in [6.07, 6.45) is 2.04. The molecule has 0 aliphatic carbocycles. The molecule has 0 spiro atoms. The summed E-state index contributed by atoms with van der Waals surface area (Å²) in [5.74, 6) is -3.52. The Hall–Kier alpha value is -3.90. The van der Waals surface area contributed by atoms with Gasteiger partial charge in [-0.15, -0.1) is 0 Å². The minimum Gasteiger partial charge on any atom is -0.349 e. The zero-order valence-electron chi connectivity index (χ0n) is 21.5. The molecule has 0 unspecified atom stereocenters. The van der Waals surface area contributed by atoms with Gasteiger partial charge < -0.3 is 19.9 Å². The molecule has 3 amide bonds. The molecule has 0 bridgehead atoms. The second kappa shape index (κ2) is 10.1. The fourth-order valence-electron chi connectivity index (χ4n) is 4.72. The van der Waals surface area contributed by atoms with Crippen molar-refractivity contribution >= 4 is 23.2 Å². The van der Waals surface area contributed by atoms with Crippen molar-refractivity contribution in [2.75, 3.05) is 13.1 Å². The summed E-state index contributed by atoms with van der Waals surface area (Å²) in [5.41, 5.74) is 0.742. The highest BCUT2D eigenvalue weighted by atomic mass is 19.4. The predicted octanol–water partition coefficient (Wildman–Crippen LogP) is 2.28. The first-order valence-electron chi connectivity index (χ1n) is 12.1. The number of hydrogen-bond acceptors (Lipinski definition) is 5. The van der Waals surface area contributed by atoms with E-state index in [1.165, 1.54) is 0 Å². The Bertz CT molecular complexity index is 1340. The van der Waals surface area contributed by atoms with E-state index in [9.17, 15) is 27.6 Å². The zero-order chi connectivity index (χ0) is 27.8. The summed E-state index contributed by atoms with van der Waals surface area (Å²) in [7, 11) is 1.75. The lowest BCUT2D eigenvalue weighted by Crippen LogP contribution is -2.60. The Morgan fingerprint density at radius 3 is 2.50 bits per heavy atom. The van der Waals surface area contributed by atoms with Crippen LogP contribution in [0.4, 0.5) is 13.2 Å². The number of imidazole rings is 1. The van der Waals surface area contributed by atoms with Crippen LogP contribution in [0.3, 0.4) is 0 Å². The van der Waals surface area contributed by atoms with E-state index >= 15 is 0 Å². The molecule has 3 aromatic heterocycles. The number of nitrogens with zero attached hydrogens (tertiary/aromatic N) is 5. The maximum atomic E-state index is 13.5. The van der Waals surface area contributed by atoms with Crippen molar-refractivity contribution in [1.82, 2.24) is 34.7 Å². The molecule has 3 atom stereocenters. The fraction of sp³-hybridized carbons (Fsp3) is 0.480. The van der Waals surface area contributed by atoms with Crippen molar-refractivity contribution in [3.8, 4) is 0 Å². The number of hydrogen-bond donors (Lipinski definition) is 2. The third-order valence-corrected chi connectivity index (χ3v) is 6.68. The molecule has 0 aromatic carbocycles. The number of pyridine rings is 1. The highest BCUT2D eigenvalue weighted by molar-refractivity contribution is 6.00. The van der Waals surface area contributed by atoms with Gasteiger partial charge >= 0.3 is 12.1 Å². The summed E-state index contributed by atoms with van der Waals surface area (Å²) in [4.78, 5) is 44.3. The molecule has 2 N–H and O–H groups in total. The lowest BCUT2D eigenvalue weighted by Gasteiger charge is -2.40. The highest BCUT2D eigenvalue weighted by Gasteiger charge is 2.44. The number of alkyl halides is 3. The molecule has 1 aliphatic heterocycles. The molecule has 0 radical (unpaired) electrons. The van der Waals surface area contributed by atoms with Crippen LogP contribution < -0.4 is 10.6 Å². The van der Waals surface area contributed by atoms with Gasteiger partial charge in [0.15, 0.2) is 0 Å². The molecule has 10 nitrogen and oxygen atoms in total. The standard InChI is InChI=1S/C25H30F3N7O3/c1-24(2,3)20(31-23(38)25(26,27)28)21(36)30-18-13-34(11-7-15(18)17-8-10-33(4)32-17)22(37)16-6-5-9-35-14-29-12-19(16)35/h5-6,8-10,12,14-15,18,20H,7,11,13H2,1-4H3,(H,30,36)(H,31,38)/t15-,18+,20+/m0/s1. The predicted molar refractivity (Wildman–Crippen MR) is 131 cm³/mol. The van der Waals surface area contributed by atoms with E-state index in [4.69, 9.17) is 0 Å². The smallest absolute Gasteiger partial charge is 0.349 e. The molecular formula is C25H30F3N7O3. The van der Waals surface area contributed by atoms with Gasteiger partial charge in [-0.25, -0.2) is 4.98 Å². The quantitative estimate of drug-likeness (QED) is 0.523. The number of carbonyl (C=O) groups is 3. The number of likely N-dealkylation sites (tertiary alicyclic amines) is 1. The van der Waals surface area contributed by atoms with Gasteiger partial charge in [-0.3, -0.25) is 19.1 Å². The van der Waals surface area contributed by atoms with Crippen LogP contribution in [0, 0.1) is 5.41 Å². The van der Waals surface area contributed by atoms with Crippen LogP contribution in [0.15, 0.2) is 43.1 Å².